The van der Waals surface area contributed by atoms with Gasteiger partial charge < -0.3 is 0 Å². The maximum absolute atomic E-state index is 11.3. The van der Waals surface area contributed by atoms with Crippen LogP contribution >= 0.6 is 0 Å². The molecule has 0 radical (unpaired) electrons. The van der Waals surface area contributed by atoms with Crippen molar-refractivity contribution in [3.8, 4) is 12.0 Å². The fourth-order valence-corrected chi connectivity index (χ4v) is 1.62. The summed E-state index contributed by atoms with van der Waals surface area (Å²) < 4.78 is 23.7. The van der Waals surface area contributed by atoms with Gasteiger partial charge >= 0.3 is 0 Å². The summed E-state index contributed by atoms with van der Waals surface area (Å²) in [6, 6.07) is 11.8. The Morgan fingerprint density at radius 2 is 2.00 bits per heavy atom. The molecule has 1 aromatic rings. The summed E-state index contributed by atoms with van der Waals surface area (Å²) in [5.41, 5.74) is 0.778. The Hall–Kier alpha value is -1.73. The Morgan fingerprint density at radius 3 is 2.50 bits per heavy atom. The van der Waals surface area contributed by atoms with Crippen LogP contribution in [0.2, 0.25) is 0 Å². The first-order chi connectivity index (χ1) is 7.54. The lowest BCUT2D eigenvalue weighted by atomic mass is 10.2. The molecule has 0 saturated heterocycles. The zero-order valence-electron chi connectivity index (χ0n) is 9.05. The number of sulfonamides is 1. The van der Waals surface area contributed by atoms with Crippen molar-refractivity contribution in [1.82, 2.24) is 4.31 Å². The fourth-order valence-electron chi connectivity index (χ4n) is 1.03. The number of hydrogen-bond acceptors (Lipinski definition) is 2. The number of benzene rings is 1. The SMILES string of the molecule is C=CCN(C#Cc1ccccc1)S(C)(=O)=O. The summed E-state index contributed by atoms with van der Waals surface area (Å²) in [6.45, 7) is 3.69. The summed E-state index contributed by atoms with van der Waals surface area (Å²) in [5, 5.41) is 0. The molecule has 4 heteroatoms. The molecule has 0 aromatic heterocycles. The molecule has 0 spiro atoms. The van der Waals surface area contributed by atoms with Gasteiger partial charge in [0.1, 0.15) is 0 Å². The Bertz CT molecular complexity index is 509. The lowest BCUT2D eigenvalue weighted by molar-refractivity contribution is 0.539. The van der Waals surface area contributed by atoms with Crippen LogP contribution in [0.3, 0.4) is 0 Å². The summed E-state index contributed by atoms with van der Waals surface area (Å²) >= 11 is 0. The van der Waals surface area contributed by atoms with E-state index in [1.807, 2.05) is 30.3 Å². The van der Waals surface area contributed by atoms with Crippen molar-refractivity contribution in [2.24, 2.45) is 0 Å². The van der Waals surface area contributed by atoms with Crippen molar-refractivity contribution in [3.05, 3.63) is 48.6 Å². The zero-order valence-corrected chi connectivity index (χ0v) is 9.87. The second kappa shape index (κ2) is 5.38. The molecule has 0 amide bonds. The quantitative estimate of drug-likeness (QED) is 0.451. The zero-order chi connectivity index (χ0) is 12.0. The molecule has 0 N–H and O–H groups in total. The van der Waals surface area contributed by atoms with E-state index in [4.69, 9.17) is 0 Å². The van der Waals surface area contributed by atoms with E-state index < -0.39 is 10.0 Å². The van der Waals surface area contributed by atoms with Gasteiger partial charge in [0.25, 0.3) is 0 Å². The molecule has 0 fully saturated rings. The lowest BCUT2D eigenvalue weighted by Gasteiger charge is -2.11. The summed E-state index contributed by atoms with van der Waals surface area (Å²) in [7, 11) is -3.31. The molecule has 0 atom stereocenters. The van der Waals surface area contributed by atoms with Crippen molar-refractivity contribution in [2.45, 2.75) is 0 Å². The van der Waals surface area contributed by atoms with Gasteiger partial charge in [0.2, 0.25) is 10.0 Å². The molecule has 0 bridgehead atoms. The summed E-state index contributed by atoms with van der Waals surface area (Å²) in [6.07, 6.45) is 2.62. The molecule has 0 unspecified atom stereocenters. The molecular weight excluding hydrogens is 222 g/mol. The van der Waals surface area contributed by atoms with Crippen LogP contribution < -0.4 is 0 Å². The maximum atomic E-state index is 11.3. The van der Waals surface area contributed by atoms with Gasteiger partial charge in [-0.3, -0.25) is 0 Å². The van der Waals surface area contributed by atoms with Gasteiger partial charge in [-0.15, -0.1) is 6.58 Å². The Kier molecular flexibility index (Phi) is 4.15. The van der Waals surface area contributed by atoms with Gasteiger partial charge in [0.15, 0.2) is 0 Å². The normalized spacial score (nSPS) is 10.1. The molecule has 0 aliphatic carbocycles. The molecule has 3 nitrogen and oxygen atoms in total. The van der Waals surface area contributed by atoms with E-state index in [0.717, 1.165) is 16.1 Å². The van der Waals surface area contributed by atoms with Crippen LogP contribution in [0.15, 0.2) is 43.0 Å². The van der Waals surface area contributed by atoms with Gasteiger partial charge in [0, 0.05) is 11.6 Å². The summed E-state index contributed by atoms with van der Waals surface area (Å²) in [5.74, 6) is 2.79. The highest BCUT2D eigenvalue weighted by atomic mass is 32.2. The van der Waals surface area contributed by atoms with Crippen LogP contribution in [0.5, 0.6) is 0 Å². The average molecular weight is 235 g/mol. The first-order valence-electron chi connectivity index (χ1n) is 4.69. The van der Waals surface area contributed by atoms with Gasteiger partial charge in [-0.1, -0.05) is 24.3 Å². The van der Waals surface area contributed by atoms with Gasteiger partial charge in [-0.05, 0) is 18.1 Å². The van der Waals surface area contributed by atoms with Crippen LogP contribution in [0.1, 0.15) is 5.56 Å². The number of hydrogen-bond donors (Lipinski definition) is 0. The molecule has 0 aliphatic heterocycles. The van der Waals surface area contributed by atoms with Crippen molar-refractivity contribution in [2.75, 3.05) is 12.8 Å². The van der Waals surface area contributed by atoms with Crippen molar-refractivity contribution < 1.29 is 8.42 Å². The van der Waals surface area contributed by atoms with E-state index in [2.05, 4.69) is 18.5 Å². The molecule has 1 aromatic carbocycles. The highest BCUT2D eigenvalue weighted by Gasteiger charge is 2.09. The Morgan fingerprint density at radius 1 is 1.38 bits per heavy atom. The number of nitrogens with zero attached hydrogens (tertiary/aromatic N) is 1. The fraction of sp³-hybridized carbons (Fsp3) is 0.167. The van der Waals surface area contributed by atoms with Crippen LogP contribution in [0, 0.1) is 12.0 Å². The monoisotopic (exact) mass is 235 g/mol. The highest BCUT2D eigenvalue weighted by Crippen LogP contribution is 1.98. The van der Waals surface area contributed by atoms with E-state index in [1.165, 1.54) is 6.08 Å². The first kappa shape index (κ1) is 12.3. The minimum Gasteiger partial charge on any atom is -0.225 e. The molecule has 0 aliphatic rings. The second-order valence-corrected chi connectivity index (χ2v) is 5.09. The molecule has 0 heterocycles. The maximum Gasteiger partial charge on any atom is 0.239 e. The Balaban J connectivity index is 2.93. The average Bonchev–Trinajstić information content (AvgIpc) is 2.24. The third-order valence-corrected chi connectivity index (χ3v) is 2.84. The predicted molar refractivity (Wildman–Crippen MR) is 65.1 cm³/mol. The van der Waals surface area contributed by atoms with Crippen molar-refractivity contribution in [1.29, 1.82) is 0 Å². The second-order valence-electron chi connectivity index (χ2n) is 3.19. The molecule has 0 saturated carbocycles. The minimum atomic E-state index is -3.31. The van der Waals surface area contributed by atoms with E-state index in [1.54, 1.807) is 0 Å². The van der Waals surface area contributed by atoms with Crippen LogP contribution in [-0.2, 0) is 10.0 Å². The lowest BCUT2D eigenvalue weighted by Crippen LogP contribution is -2.25. The van der Waals surface area contributed by atoms with Crippen molar-refractivity contribution in [3.63, 3.8) is 0 Å². The summed E-state index contributed by atoms with van der Waals surface area (Å²) in [4.78, 5) is 0. The van der Waals surface area contributed by atoms with E-state index in [0.29, 0.717) is 0 Å². The third kappa shape index (κ3) is 3.79. The highest BCUT2D eigenvalue weighted by molar-refractivity contribution is 7.88. The molecule has 16 heavy (non-hydrogen) atoms. The predicted octanol–water partition coefficient (Wildman–Crippen LogP) is 1.44. The van der Waals surface area contributed by atoms with Gasteiger partial charge in [0.05, 0.1) is 12.8 Å². The van der Waals surface area contributed by atoms with E-state index in [-0.39, 0.29) is 6.54 Å². The van der Waals surface area contributed by atoms with Crippen LogP contribution in [-0.4, -0.2) is 25.5 Å². The largest absolute Gasteiger partial charge is 0.239 e. The molecule has 1 rings (SSSR count). The van der Waals surface area contributed by atoms with E-state index in [9.17, 15) is 8.42 Å². The topological polar surface area (TPSA) is 37.4 Å². The number of rotatable bonds is 3. The third-order valence-electron chi connectivity index (χ3n) is 1.79. The van der Waals surface area contributed by atoms with Gasteiger partial charge in [-0.2, -0.15) is 0 Å². The molecular formula is C12H13NO2S. The Labute approximate surface area is 96.5 Å². The van der Waals surface area contributed by atoms with Crippen molar-refractivity contribution >= 4 is 10.0 Å². The smallest absolute Gasteiger partial charge is 0.225 e. The first-order valence-corrected chi connectivity index (χ1v) is 6.54. The van der Waals surface area contributed by atoms with Crippen LogP contribution in [0.4, 0.5) is 0 Å². The molecule has 84 valence electrons. The minimum absolute atomic E-state index is 0.193. The van der Waals surface area contributed by atoms with Gasteiger partial charge in [-0.25, -0.2) is 12.7 Å². The van der Waals surface area contributed by atoms with E-state index >= 15 is 0 Å². The standard InChI is InChI=1S/C12H13NO2S/c1-3-10-13(16(2,14)15)11-9-12-7-5-4-6-8-12/h3-8H,1,10H2,2H3. The van der Waals surface area contributed by atoms with Crippen LogP contribution in [0.25, 0.3) is 0 Å².